The van der Waals surface area contributed by atoms with E-state index in [0.717, 1.165) is 13.0 Å². The molecule has 88 valence electrons. The molecule has 0 spiro atoms. The van der Waals surface area contributed by atoms with Crippen molar-refractivity contribution < 1.29 is 9.53 Å². The van der Waals surface area contributed by atoms with E-state index >= 15 is 0 Å². The molecule has 0 aromatic rings. The van der Waals surface area contributed by atoms with Crippen molar-refractivity contribution in [1.82, 2.24) is 4.90 Å². The van der Waals surface area contributed by atoms with Crippen LogP contribution in [0, 0.1) is 5.92 Å². The van der Waals surface area contributed by atoms with Crippen molar-refractivity contribution in [2.45, 2.75) is 51.5 Å². The summed E-state index contributed by atoms with van der Waals surface area (Å²) in [5.74, 6) is 0.335. The van der Waals surface area contributed by atoms with Crippen molar-refractivity contribution >= 4 is 18.7 Å². The molecule has 1 unspecified atom stereocenters. The molecule has 0 N–H and O–H groups in total. The van der Waals surface area contributed by atoms with Crippen LogP contribution < -0.4 is 0 Å². The number of carbonyl (C=O) groups excluding carboxylic acids is 1. The van der Waals surface area contributed by atoms with Gasteiger partial charge in [0.2, 0.25) is 0 Å². The van der Waals surface area contributed by atoms with Gasteiger partial charge in [0, 0.05) is 6.54 Å². The number of hydrogen-bond acceptors (Lipinski definition) is 3. The van der Waals surface area contributed by atoms with Crippen LogP contribution in [0.3, 0.4) is 0 Å². The molecule has 1 atom stereocenters. The Bertz CT molecular complexity index is 260. The standard InChI is InChI=1S/C11H21NO2S/c1-8(2)11(15)6-7-12(11)9(13)14-10(3,4)5/h8,15H,6-7H2,1-5H3. The number of carbonyl (C=O) groups is 1. The molecule has 0 aromatic carbocycles. The highest BCUT2D eigenvalue weighted by Gasteiger charge is 2.48. The van der Waals surface area contributed by atoms with Gasteiger partial charge in [-0.25, -0.2) is 4.79 Å². The van der Waals surface area contributed by atoms with Crippen LogP contribution in [0.5, 0.6) is 0 Å². The molecule has 1 aliphatic rings. The maximum Gasteiger partial charge on any atom is 0.411 e. The van der Waals surface area contributed by atoms with E-state index in [1.165, 1.54) is 0 Å². The molecule has 3 nitrogen and oxygen atoms in total. The Labute approximate surface area is 97.6 Å². The van der Waals surface area contributed by atoms with Gasteiger partial charge in [-0.1, -0.05) is 13.8 Å². The van der Waals surface area contributed by atoms with Gasteiger partial charge in [0.05, 0.1) is 4.87 Å². The molecule has 1 heterocycles. The van der Waals surface area contributed by atoms with Crippen molar-refractivity contribution in [2.75, 3.05) is 6.54 Å². The molecule has 0 radical (unpaired) electrons. The van der Waals surface area contributed by atoms with Crippen LogP contribution in [0.25, 0.3) is 0 Å². The molecule has 0 bridgehead atoms. The molecule has 1 fully saturated rings. The van der Waals surface area contributed by atoms with Crippen LogP contribution in [0.1, 0.15) is 41.0 Å². The van der Waals surface area contributed by atoms with Crippen molar-refractivity contribution in [3.8, 4) is 0 Å². The average molecular weight is 231 g/mol. The van der Waals surface area contributed by atoms with E-state index in [2.05, 4.69) is 26.5 Å². The fraction of sp³-hybridized carbons (Fsp3) is 0.909. The summed E-state index contributed by atoms with van der Waals surface area (Å²) >= 11 is 4.58. The molecule has 1 aliphatic heterocycles. The molecular weight excluding hydrogens is 210 g/mol. The number of nitrogens with zero attached hydrogens (tertiary/aromatic N) is 1. The minimum Gasteiger partial charge on any atom is -0.444 e. The maximum atomic E-state index is 11.8. The lowest BCUT2D eigenvalue weighted by Crippen LogP contribution is -2.62. The van der Waals surface area contributed by atoms with E-state index in [9.17, 15) is 4.79 Å². The lowest BCUT2D eigenvalue weighted by atomic mass is 9.91. The molecule has 0 saturated carbocycles. The first-order chi connectivity index (χ1) is 6.67. The third-order valence-corrected chi connectivity index (χ3v) is 3.69. The molecular formula is C11H21NO2S. The van der Waals surface area contributed by atoms with Crippen LogP contribution in [-0.2, 0) is 4.74 Å². The smallest absolute Gasteiger partial charge is 0.411 e. The van der Waals surface area contributed by atoms with E-state index in [0.29, 0.717) is 5.92 Å². The van der Waals surface area contributed by atoms with Gasteiger partial charge in [-0.05, 0) is 33.1 Å². The first-order valence-electron chi connectivity index (χ1n) is 5.40. The molecule has 0 aliphatic carbocycles. The number of thiol groups is 1. The second-order valence-electron chi connectivity index (χ2n) is 5.42. The highest BCUT2D eigenvalue weighted by molar-refractivity contribution is 7.81. The third-order valence-electron chi connectivity index (χ3n) is 2.71. The van der Waals surface area contributed by atoms with Crippen molar-refractivity contribution in [2.24, 2.45) is 5.92 Å². The quantitative estimate of drug-likeness (QED) is 0.703. The predicted molar refractivity (Wildman–Crippen MR) is 64.1 cm³/mol. The molecule has 1 saturated heterocycles. The summed E-state index contributed by atoms with van der Waals surface area (Å²) in [6.07, 6.45) is 0.685. The summed E-state index contributed by atoms with van der Waals surface area (Å²) in [6, 6.07) is 0. The number of amides is 1. The topological polar surface area (TPSA) is 29.5 Å². The SMILES string of the molecule is CC(C)C1(S)CCN1C(=O)OC(C)(C)C. The van der Waals surface area contributed by atoms with Crippen LogP contribution in [0.2, 0.25) is 0 Å². The second-order valence-corrected chi connectivity index (χ2v) is 6.19. The van der Waals surface area contributed by atoms with E-state index < -0.39 is 5.60 Å². The Kier molecular flexibility index (Phi) is 3.29. The van der Waals surface area contributed by atoms with Gasteiger partial charge in [-0.15, -0.1) is 0 Å². The van der Waals surface area contributed by atoms with E-state index in [1.807, 2.05) is 20.8 Å². The lowest BCUT2D eigenvalue weighted by molar-refractivity contribution is -0.0249. The second kappa shape index (κ2) is 3.89. The summed E-state index contributed by atoms with van der Waals surface area (Å²) in [5.41, 5.74) is -0.432. The third kappa shape index (κ3) is 2.60. The van der Waals surface area contributed by atoms with Gasteiger partial charge < -0.3 is 4.74 Å². The highest BCUT2D eigenvalue weighted by atomic mass is 32.1. The normalized spacial score (nSPS) is 26.5. The summed E-state index contributed by atoms with van der Waals surface area (Å²) in [6.45, 7) is 10.5. The largest absolute Gasteiger partial charge is 0.444 e. The van der Waals surface area contributed by atoms with Gasteiger partial charge in [-0.3, -0.25) is 4.90 Å². The van der Waals surface area contributed by atoms with E-state index in [-0.39, 0.29) is 11.0 Å². The lowest BCUT2D eigenvalue weighted by Gasteiger charge is -2.51. The molecule has 15 heavy (non-hydrogen) atoms. The van der Waals surface area contributed by atoms with Gasteiger partial charge >= 0.3 is 6.09 Å². The van der Waals surface area contributed by atoms with Crippen LogP contribution in [0.15, 0.2) is 0 Å². The molecule has 4 heteroatoms. The van der Waals surface area contributed by atoms with Gasteiger partial charge in [-0.2, -0.15) is 12.6 Å². The number of rotatable bonds is 1. The zero-order valence-electron chi connectivity index (χ0n) is 10.2. The fourth-order valence-electron chi connectivity index (χ4n) is 1.62. The van der Waals surface area contributed by atoms with Crippen molar-refractivity contribution in [3.63, 3.8) is 0 Å². The highest BCUT2D eigenvalue weighted by Crippen LogP contribution is 2.41. The Morgan fingerprint density at radius 2 is 2.00 bits per heavy atom. The Hall–Kier alpha value is -0.380. The van der Waals surface area contributed by atoms with Crippen LogP contribution >= 0.6 is 12.6 Å². The number of hydrogen-bond donors (Lipinski definition) is 1. The summed E-state index contributed by atoms with van der Waals surface area (Å²) in [5, 5.41) is 0. The zero-order valence-corrected chi connectivity index (χ0v) is 11.1. The van der Waals surface area contributed by atoms with Crippen molar-refractivity contribution in [1.29, 1.82) is 0 Å². The Balaban J connectivity index is 2.63. The first kappa shape index (κ1) is 12.7. The van der Waals surface area contributed by atoms with Gasteiger partial charge in [0.15, 0.2) is 0 Å². The Morgan fingerprint density at radius 3 is 2.27 bits per heavy atom. The van der Waals surface area contributed by atoms with Gasteiger partial charge in [0.1, 0.15) is 5.60 Å². The summed E-state index contributed by atoms with van der Waals surface area (Å²) in [4.78, 5) is 13.2. The zero-order chi connectivity index (χ0) is 11.9. The number of likely N-dealkylation sites (tertiary alicyclic amines) is 1. The Morgan fingerprint density at radius 1 is 1.47 bits per heavy atom. The monoisotopic (exact) mass is 231 g/mol. The predicted octanol–water partition coefficient (Wildman–Crippen LogP) is 2.91. The van der Waals surface area contributed by atoms with Crippen LogP contribution in [-0.4, -0.2) is 28.0 Å². The molecule has 1 amide bonds. The molecule has 1 rings (SSSR count). The average Bonchev–Trinajstić information content (AvgIpc) is 1.96. The minimum atomic E-state index is -0.432. The summed E-state index contributed by atoms with van der Waals surface area (Å²) < 4.78 is 5.33. The van der Waals surface area contributed by atoms with E-state index in [1.54, 1.807) is 4.90 Å². The van der Waals surface area contributed by atoms with E-state index in [4.69, 9.17) is 4.74 Å². The molecule has 0 aromatic heterocycles. The maximum absolute atomic E-state index is 11.8. The van der Waals surface area contributed by atoms with Crippen LogP contribution in [0.4, 0.5) is 4.79 Å². The fourth-order valence-corrected chi connectivity index (χ4v) is 1.90. The number of ether oxygens (including phenoxy) is 1. The summed E-state index contributed by atoms with van der Waals surface area (Å²) in [7, 11) is 0. The van der Waals surface area contributed by atoms with Crippen molar-refractivity contribution in [3.05, 3.63) is 0 Å². The minimum absolute atomic E-state index is 0.252. The first-order valence-corrected chi connectivity index (χ1v) is 5.84. The van der Waals surface area contributed by atoms with Gasteiger partial charge in [0.25, 0.3) is 0 Å².